The van der Waals surface area contributed by atoms with Gasteiger partial charge < -0.3 is 4.74 Å². The molecule has 1 aromatic heterocycles. The standard InChI is InChI=1S/C16H14N2O3S/c1-10-3-4-11(21-2)7-14(10)16-13-6-5-12(22(19)20)8-15(13)17-9-18-16/h3-9,22H,1-2H3. The Bertz CT molecular complexity index is 928. The predicted molar refractivity (Wildman–Crippen MR) is 84.8 cm³/mol. The second kappa shape index (κ2) is 5.73. The van der Waals surface area contributed by atoms with Crippen LogP contribution in [0.25, 0.3) is 22.2 Å². The number of rotatable bonds is 3. The summed E-state index contributed by atoms with van der Waals surface area (Å²) in [6.07, 6.45) is 1.44. The summed E-state index contributed by atoms with van der Waals surface area (Å²) < 4.78 is 27.5. The summed E-state index contributed by atoms with van der Waals surface area (Å²) in [6.45, 7) is 1.99. The first-order chi connectivity index (χ1) is 10.6. The van der Waals surface area contributed by atoms with Crippen molar-refractivity contribution in [3.05, 3.63) is 48.3 Å². The first kappa shape index (κ1) is 14.5. The molecule has 0 atom stereocenters. The van der Waals surface area contributed by atoms with Gasteiger partial charge in [0.05, 0.1) is 23.2 Å². The van der Waals surface area contributed by atoms with Crippen LogP contribution in [0, 0.1) is 6.92 Å². The van der Waals surface area contributed by atoms with Gasteiger partial charge in [0, 0.05) is 10.9 Å². The van der Waals surface area contributed by atoms with Gasteiger partial charge in [0.2, 0.25) is 0 Å². The van der Waals surface area contributed by atoms with Gasteiger partial charge in [-0.05, 0) is 42.8 Å². The first-order valence-electron chi connectivity index (χ1n) is 6.64. The van der Waals surface area contributed by atoms with Crippen LogP contribution in [0.5, 0.6) is 5.75 Å². The Hall–Kier alpha value is -2.47. The summed E-state index contributed by atoms with van der Waals surface area (Å²) in [5.74, 6) is 0.742. The van der Waals surface area contributed by atoms with Gasteiger partial charge in [-0.15, -0.1) is 0 Å². The molecule has 0 aliphatic rings. The van der Waals surface area contributed by atoms with E-state index in [2.05, 4.69) is 9.97 Å². The zero-order valence-electron chi connectivity index (χ0n) is 12.1. The summed E-state index contributed by atoms with van der Waals surface area (Å²) >= 11 is 0. The molecule has 0 radical (unpaired) electrons. The van der Waals surface area contributed by atoms with E-state index in [9.17, 15) is 8.42 Å². The first-order valence-corrected chi connectivity index (χ1v) is 7.82. The lowest BCUT2D eigenvalue weighted by Crippen LogP contribution is -1.93. The lowest BCUT2D eigenvalue weighted by atomic mass is 10.0. The molecule has 5 nitrogen and oxygen atoms in total. The predicted octanol–water partition coefficient (Wildman–Crippen LogP) is 2.58. The fraction of sp³-hybridized carbons (Fsp3) is 0.125. The molecule has 1 heterocycles. The van der Waals surface area contributed by atoms with E-state index in [4.69, 9.17) is 4.74 Å². The van der Waals surface area contributed by atoms with Crippen molar-refractivity contribution in [2.24, 2.45) is 0 Å². The van der Waals surface area contributed by atoms with Crippen LogP contribution in [0.15, 0.2) is 47.6 Å². The molecular weight excluding hydrogens is 300 g/mol. The van der Waals surface area contributed by atoms with E-state index in [1.165, 1.54) is 6.33 Å². The summed E-state index contributed by atoms with van der Waals surface area (Å²) in [5, 5.41) is 0.805. The molecule has 0 aliphatic carbocycles. The van der Waals surface area contributed by atoms with Crippen LogP contribution >= 0.6 is 0 Å². The maximum atomic E-state index is 11.1. The van der Waals surface area contributed by atoms with Crippen LogP contribution in [0.2, 0.25) is 0 Å². The molecule has 0 fully saturated rings. The van der Waals surface area contributed by atoms with Crippen LogP contribution in [-0.4, -0.2) is 25.5 Å². The molecular formula is C16H14N2O3S. The summed E-state index contributed by atoms with van der Waals surface area (Å²) in [7, 11) is -1.01. The van der Waals surface area contributed by atoms with E-state index < -0.39 is 10.7 Å². The van der Waals surface area contributed by atoms with Gasteiger partial charge in [0.1, 0.15) is 12.1 Å². The average Bonchev–Trinajstić information content (AvgIpc) is 2.54. The number of thiol groups is 1. The van der Waals surface area contributed by atoms with Crippen LogP contribution < -0.4 is 4.74 Å². The highest BCUT2D eigenvalue weighted by molar-refractivity contribution is 7.72. The zero-order valence-corrected chi connectivity index (χ0v) is 13.0. The molecule has 3 rings (SSSR count). The smallest absolute Gasteiger partial charge is 0.168 e. The number of hydrogen-bond acceptors (Lipinski definition) is 5. The largest absolute Gasteiger partial charge is 0.497 e. The molecule has 112 valence electrons. The minimum Gasteiger partial charge on any atom is -0.497 e. The van der Waals surface area contributed by atoms with E-state index in [0.717, 1.165) is 28.0 Å². The van der Waals surface area contributed by atoms with Gasteiger partial charge >= 0.3 is 0 Å². The average molecular weight is 314 g/mol. The monoisotopic (exact) mass is 314 g/mol. The Kier molecular flexibility index (Phi) is 3.77. The molecule has 2 aromatic carbocycles. The molecule has 0 unspecified atom stereocenters. The van der Waals surface area contributed by atoms with E-state index in [0.29, 0.717) is 5.52 Å². The molecule has 0 bridgehead atoms. The molecule has 0 N–H and O–H groups in total. The minimum absolute atomic E-state index is 0.245. The number of nitrogens with zero attached hydrogens (tertiary/aromatic N) is 2. The van der Waals surface area contributed by atoms with Gasteiger partial charge in [0.25, 0.3) is 0 Å². The second-order valence-electron chi connectivity index (χ2n) is 4.86. The Morgan fingerprint density at radius 2 is 1.86 bits per heavy atom. The van der Waals surface area contributed by atoms with Gasteiger partial charge in [-0.3, -0.25) is 0 Å². The molecule has 0 aliphatic heterocycles. The molecule has 22 heavy (non-hydrogen) atoms. The van der Waals surface area contributed by atoms with Crippen molar-refractivity contribution in [1.82, 2.24) is 9.97 Å². The Labute approximate surface area is 129 Å². The highest BCUT2D eigenvalue weighted by Crippen LogP contribution is 2.31. The summed E-state index contributed by atoms with van der Waals surface area (Å²) in [5.41, 5.74) is 3.35. The van der Waals surface area contributed by atoms with Crippen molar-refractivity contribution in [3.63, 3.8) is 0 Å². The van der Waals surface area contributed by atoms with E-state index >= 15 is 0 Å². The van der Waals surface area contributed by atoms with Crippen molar-refractivity contribution < 1.29 is 13.2 Å². The minimum atomic E-state index is -2.63. The van der Waals surface area contributed by atoms with Crippen molar-refractivity contribution in [1.29, 1.82) is 0 Å². The summed E-state index contributed by atoms with van der Waals surface area (Å²) in [4.78, 5) is 8.79. The van der Waals surface area contributed by atoms with Crippen LogP contribution in [-0.2, 0) is 10.7 Å². The topological polar surface area (TPSA) is 69.2 Å². The quantitative estimate of drug-likeness (QED) is 0.753. The van der Waals surface area contributed by atoms with Gasteiger partial charge in [0.15, 0.2) is 10.7 Å². The summed E-state index contributed by atoms with van der Waals surface area (Å²) in [6, 6.07) is 10.6. The number of methoxy groups -OCH3 is 1. The number of aryl methyl sites for hydroxylation is 1. The Balaban J connectivity index is 2.28. The SMILES string of the molecule is COc1ccc(C)c(-c2ncnc3cc([SH](=O)=O)ccc23)c1. The maximum Gasteiger partial charge on any atom is 0.168 e. The van der Waals surface area contributed by atoms with Crippen LogP contribution in [0.3, 0.4) is 0 Å². The lowest BCUT2D eigenvalue weighted by Gasteiger charge is -2.10. The van der Waals surface area contributed by atoms with Crippen LogP contribution in [0.4, 0.5) is 0 Å². The third-order valence-corrected chi connectivity index (χ3v) is 4.23. The number of fused-ring (bicyclic) bond motifs is 1. The number of ether oxygens (including phenoxy) is 1. The molecule has 0 spiro atoms. The number of benzene rings is 2. The Morgan fingerprint density at radius 3 is 2.59 bits per heavy atom. The van der Waals surface area contributed by atoms with Gasteiger partial charge in [-0.25, -0.2) is 18.4 Å². The van der Waals surface area contributed by atoms with Crippen molar-refractivity contribution >= 4 is 21.6 Å². The van der Waals surface area contributed by atoms with E-state index in [1.807, 2.05) is 25.1 Å². The molecule has 3 aromatic rings. The Morgan fingerprint density at radius 1 is 1.05 bits per heavy atom. The number of hydrogen-bond donors (Lipinski definition) is 1. The van der Waals surface area contributed by atoms with Crippen molar-refractivity contribution in [2.75, 3.05) is 7.11 Å². The fourth-order valence-corrected chi connectivity index (χ4v) is 2.78. The third-order valence-electron chi connectivity index (χ3n) is 3.53. The highest BCUT2D eigenvalue weighted by Gasteiger charge is 2.11. The normalized spacial score (nSPS) is 11.0. The molecule has 6 heteroatoms. The molecule has 0 saturated heterocycles. The van der Waals surface area contributed by atoms with Crippen LogP contribution in [0.1, 0.15) is 5.56 Å². The molecule has 0 saturated carbocycles. The fourth-order valence-electron chi connectivity index (χ4n) is 2.36. The lowest BCUT2D eigenvalue weighted by molar-refractivity contribution is 0.415. The second-order valence-corrected chi connectivity index (χ2v) is 5.89. The third kappa shape index (κ3) is 2.53. The van der Waals surface area contributed by atoms with Crippen molar-refractivity contribution in [3.8, 4) is 17.0 Å². The highest BCUT2D eigenvalue weighted by atomic mass is 32.2. The maximum absolute atomic E-state index is 11.1. The number of aromatic nitrogens is 2. The van der Waals surface area contributed by atoms with Gasteiger partial charge in [-0.2, -0.15) is 0 Å². The van der Waals surface area contributed by atoms with Gasteiger partial charge in [-0.1, -0.05) is 6.07 Å². The zero-order chi connectivity index (χ0) is 15.7. The van der Waals surface area contributed by atoms with Crippen molar-refractivity contribution in [2.45, 2.75) is 11.8 Å². The van der Waals surface area contributed by atoms with E-state index in [-0.39, 0.29) is 4.90 Å². The van der Waals surface area contributed by atoms with E-state index in [1.54, 1.807) is 25.3 Å². The molecule has 0 amide bonds.